The molecule has 0 aliphatic heterocycles. The summed E-state index contributed by atoms with van der Waals surface area (Å²) in [5.74, 6) is 0. The Balaban J connectivity index is 2.45. The van der Waals surface area contributed by atoms with Gasteiger partial charge in [-0.05, 0) is 37.5 Å². The normalized spacial score (nSPS) is 11.1. The van der Waals surface area contributed by atoms with Gasteiger partial charge in [0.1, 0.15) is 0 Å². The third-order valence-electron chi connectivity index (χ3n) is 3.50. The fourth-order valence-electron chi connectivity index (χ4n) is 2.56. The second-order valence-electron chi connectivity index (χ2n) is 6.07. The molecule has 0 aliphatic carbocycles. The van der Waals surface area contributed by atoms with E-state index in [2.05, 4.69) is 76.3 Å². The second kappa shape index (κ2) is 6.23. The predicted octanol–water partition coefficient (Wildman–Crippen LogP) is 4.78. The molecule has 20 heavy (non-hydrogen) atoms. The van der Waals surface area contributed by atoms with E-state index in [4.69, 9.17) is 0 Å². The van der Waals surface area contributed by atoms with Crippen molar-refractivity contribution in [2.75, 3.05) is 0 Å². The van der Waals surface area contributed by atoms with Crippen LogP contribution in [0.15, 0.2) is 36.4 Å². The third-order valence-corrected chi connectivity index (χ3v) is 3.50. The Morgan fingerprint density at radius 2 is 1.50 bits per heavy atom. The monoisotopic (exact) mass is 267 g/mol. The minimum Gasteiger partial charge on any atom is -0.310 e. The van der Waals surface area contributed by atoms with Gasteiger partial charge in [-0.25, -0.2) is 0 Å². The minimum atomic E-state index is 0.503. The molecule has 1 N–H and O–H groups in total. The van der Waals surface area contributed by atoms with E-state index in [-0.39, 0.29) is 0 Å². The molecule has 0 fully saturated rings. The van der Waals surface area contributed by atoms with Crippen molar-refractivity contribution in [1.82, 2.24) is 5.32 Å². The van der Waals surface area contributed by atoms with Gasteiger partial charge in [0.2, 0.25) is 0 Å². The maximum atomic E-state index is 3.52. The van der Waals surface area contributed by atoms with Gasteiger partial charge in [0.05, 0.1) is 0 Å². The molecule has 0 amide bonds. The molecule has 106 valence electrons. The first-order valence-electron chi connectivity index (χ1n) is 7.37. The van der Waals surface area contributed by atoms with E-state index in [1.807, 2.05) is 0 Å². The van der Waals surface area contributed by atoms with Crippen LogP contribution in [0.1, 0.15) is 36.1 Å². The number of hydrogen-bond acceptors (Lipinski definition) is 1. The molecule has 0 unspecified atom stereocenters. The van der Waals surface area contributed by atoms with Crippen molar-refractivity contribution in [3.8, 4) is 11.1 Å². The van der Waals surface area contributed by atoms with Gasteiger partial charge in [0.25, 0.3) is 0 Å². The van der Waals surface area contributed by atoms with E-state index in [9.17, 15) is 0 Å². The summed E-state index contributed by atoms with van der Waals surface area (Å²) in [4.78, 5) is 0. The molecule has 1 heteroatoms. The summed E-state index contributed by atoms with van der Waals surface area (Å²) in [6, 6.07) is 14.0. The molecule has 2 rings (SSSR count). The van der Waals surface area contributed by atoms with E-state index in [0.29, 0.717) is 6.04 Å². The molecule has 0 saturated carbocycles. The Morgan fingerprint density at radius 1 is 0.850 bits per heavy atom. The van der Waals surface area contributed by atoms with E-state index in [0.717, 1.165) is 6.54 Å². The SMILES string of the molecule is Cc1cc(C)cc(-c2cc(C)ccc2CNC(C)C)c1. The Hall–Kier alpha value is -1.60. The summed E-state index contributed by atoms with van der Waals surface area (Å²) >= 11 is 0. The van der Waals surface area contributed by atoms with Crippen LogP contribution >= 0.6 is 0 Å². The summed E-state index contributed by atoms with van der Waals surface area (Å²) in [7, 11) is 0. The summed E-state index contributed by atoms with van der Waals surface area (Å²) < 4.78 is 0. The molecular weight excluding hydrogens is 242 g/mol. The fourth-order valence-corrected chi connectivity index (χ4v) is 2.56. The first-order valence-corrected chi connectivity index (χ1v) is 7.37. The number of rotatable bonds is 4. The average Bonchev–Trinajstić information content (AvgIpc) is 2.36. The highest BCUT2D eigenvalue weighted by Gasteiger charge is 2.07. The van der Waals surface area contributed by atoms with Crippen molar-refractivity contribution >= 4 is 0 Å². The lowest BCUT2D eigenvalue weighted by Gasteiger charge is -2.15. The Labute approximate surface area is 123 Å². The van der Waals surface area contributed by atoms with Gasteiger partial charge in [-0.3, -0.25) is 0 Å². The predicted molar refractivity (Wildman–Crippen MR) is 88.1 cm³/mol. The number of hydrogen-bond donors (Lipinski definition) is 1. The van der Waals surface area contributed by atoms with Gasteiger partial charge in [0.15, 0.2) is 0 Å². The molecule has 0 heterocycles. The van der Waals surface area contributed by atoms with Gasteiger partial charge in [0, 0.05) is 12.6 Å². The van der Waals surface area contributed by atoms with Crippen molar-refractivity contribution in [2.45, 2.75) is 47.2 Å². The van der Waals surface area contributed by atoms with Crippen molar-refractivity contribution in [3.05, 3.63) is 58.7 Å². The van der Waals surface area contributed by atoms with Crippen molar-refractivity contribution in [1.29, 1.82) is 0 Å². The Morgan fingerprint density at radius 3 is 2.10 bits per heavy atom. The molecule has 2 aromatic rings. The lowest BCUT2D eigenvalue weighted by molar-refractivity contribution is 0.589. The number of aryl methyl sites for hydroxylation is 3. The Bertz CT molecular complexity index is 576. The van der Waals surface area contributed by atoms with E-state index in [1.54, 1.807) is 0 Å². The van der Waals surface area contributed by atoms with Crippen LogP contribution in [-0.2, 0) is 6.54 Å². The van der Waals surface area contributed by atoms with Crippen LogP contribution in [0.4, 0.5) is 0 Å². The first-order chi connectivity index (χ1) is 9.45. The highest BCUT2D eigenvalue weighted by atomic mass is 14.9. The summed E-state index contributed by atoms with van der Waals surface area (Å²) in [6.45, 7) is 11.8. The van der Waals surface area contributed by atoms with Crippen molar-refractivity contribution in [2.24, 2.45) is 0 Å². The third kappa shape index (κ3) is 3.71. The van der Waals surface area contributed by atoms with Crippen LogP contribution in [0.5, 0.6) is 0 Å². The fraction of sp³-hybridized carbons (Fsp3) is 0.368. The van der Waals surface area contributed by atoms with Crippen LogP contribution in [0.25, 0.3) is 11.1 Å². The van der Waals surface area contributed by atoms with Crippen LogP contribution < -0.4 is 5.32 Å². The molecule has 2 aromatic carbocycles. The second-order valence-corrected chi connectivity index (χ2v) is 6.07. The van der Waals surface area contributed by atoms with E-state index in [1.165, 1.54) is 33.4 Å². The molecule has 1 nitrogen and oxygen atoms in total. The zero-order valence-electron chi connectivity index (χ0n) is 13.2. The van der Waals surface area contributed by atoms with Crippen LogP contribution in [0, 0.1) is 20.8 Å². The lowest BCUT2D eigenvalue weighted by Crippen LogP contribution is -2.22. The summed E-state index contributed by atoms with van der Waals surface area (Å²) in [5, 5.41) is 3.52. The zero-order chi connectivity index (χ0) is 14.7. The highest BCUT2D eigenvalue weighted by molar-refractivity contribution is 5.69. The molecule has 0 bridgehead atoms. The maximum absolute atomic E-state index is 3.52. The van der Waals surface area contributed by atoms with Crippen molar-refractivity contribution < 1.29 is 0 Å². The van der Waals surface area contributed by atoms with Gasteiger partial charge in [-0.1, -0.05) is 66.9 Å². The summed E-state index contributed by atoms with van der Waals surface area (Å²) in [5.41, 5.74) is 8.01. The average molecular weight is 267 g/mol. The van der Waals surface area contributed by atoms with Crippen LogP contribution in [-0.4, -0.2) is 6.04 Å². The van der Waals surface area contributed by atoms with E-state index < -0.39 is 0 Å². The lowest BCUT2D eigenvalue weighted by atomic mass is 9.95. The number of benzene rings is 2. The van der Waals surface area contributed by atoms with Gasteiger partial charge < -0.3 is 5.32 Å². The van der Waals surface area contributed by atoms with Gasteiger partial charge >= 0.3 is 0 Å². The van der Waals surface area contributed by atoms with Crippen LogP contribution in [0.3, 0.4) is 0 Å². The summed E-state index contributed by atoms with van der Waals surface area (Å²) in [6.07, 6.45) is 0. The molecule has 0 saturated heterocycles. The molecular formula is C19H25N. The molecule has 0 radical (unpaired) electrons. The zero-order valence-corrected chi connectivity index (χ0v) is 13.2. The van der Waals surface area contributed by atoms with Crippen molar-refractivity contribution in [3.63, 3.8) is 0 Å². The molecule has 0 aliphatic rings. The molecule has 0 aromatic heterocycles. The molecule has 0 spiro atoms. The minimum absolute atomic E-state index is 0.503. The smallest absolute Gasteiger partial charge is 0.0214 e. The first kappa shape index (κ1) is 14.8. The molecule has 0 atom stereocenters. The Kier molecular flexibility index (Phi) is 4.61. The standard InChI is InChI=1S/C19H25N/c1-13(2)20-12-17-7-6-14(3)11-19(17)18-9-15(4)8-16(5)10-18/h6-11,13,20H,12H2,1-5H3. The quantitative estimate of drug-likeness (QED) is 0.841. The highest BCUT2D eigenvalue weighted by Crippen LogP contribution is 2.27. The van der Waals surface area contributed by atoms with Crippen LogP contribution in [0.2, 0.25) is 0 Å². The van der Waals surface area contributed by atoms with E-state index >= 15 is 0 Å². The van der Waals surface area contributed by atoms with Gasteiger partial charge in [-0.2, -0.15) is 0 Å². The largest absolute Gasteiger partial charge is 0.310 e. The number of nitrogens with one attached hydrogen (secondary N) is 1. The van der Waals surface area contributed by atoms with Gasteiger partial charge in [-0.15, -0.1) is 0 Å². The maximum Gasteiger partial charge on any atom is 0.0214 e. The topological polar surface area (TPSA) is 12.0 Å².